The molecule has 2 aromatic heterocycles. The first-order chi connectivity index (χ1) is 14.6. The van der Waals surface area contributed by atoms with Crippen molar-refractivity contribution in [2.24, 2.45) is 0 Å². The number of fused-ring (bicyclic) bond motifs is 1. The second-order valence-corrected chi connectivity index (χ2v) is 8.81. The SMILES string of the molecule is CC(C)c1cnc2c(NCc3ccccc3)nc(SC3CCCNC3)cn12.O=CO. The van der Waals surface area contributed by atoms with Crippen LogP contribution in [0.15, 0.2) is 47.8 Å². The minimum absolute atomic E-state index is 0.250. The molecule has 4 rings (SSSR count). The quantitative estimate of drug-likeness (QED) is 0.512. The van der Waals surface area contributed by atoms with Crippen molar-refractivity contribution in [3.05, 3.63) is 54.0 Å². The molecule has 0 saturated carbocycles. The smallest absolute Gasteiger partial charge is 0.290 e. The Morgan fingerprint density at radius 2 is 2.13 bits per heavy atom. The summed E-state index contributed by atoms with van der Waals surface area (Å²) in [6.07, 6.45) is 6.61. The summed E-state index contributed by atoms with van der Waals surface area (Å²) in [5, 5.41) is 15.5. The van der Waals surface area contributed by atoms with E-state index in [0.29, 0.717) is 11.2 Å². The first-order valence-corrected chi connectivity index (χ1v) is 11.1. The average Bonchev–Trinajstić information content (AvgIpc) is 3.18. The lowest BCUT2D eigenvalue weighted by Gasteiger charge is -2.22. The maximum atomic E-state index is 8.36. The van der Waals surface area contributed by atoms with Gasteiger partial charge in [-0.2, -0.15) is 0 Å². The maximum Gasteiger partial charge on any atom is 0.290 e. The van der Waals surface area contributed by atoms with E-state index in [-0.39, 0.29) is 6.47 Å². The van der Waals surface area contributed by atoms with Crippen LogP contribution in [0.25, 0.3) is 5.65 Å². The Bertz CT molecular complexity index is 939. The highest BCUT2D eigenvalue weighted by molar-refractivity contribution is 7.99. The second-order valence-electron chi connectivity index (χ2n) is 7.49. The van der Waals surface area contributed by atoms with E-state index < -0.39 is 0 Å². The molecule has 1 aromatic carbocycles. The molecule has 1 aliphatic heterocycles. The van der Waals surface area contributed by atoms with Gasteiger partial charge in [0, 0.05) is 36.4 Å². The molecular weight excluding hydrogens is 398 g/mol. The molecule has 1 saturated heterocycles. The van der Waals surface area contributed by atoms with Gasteiger partial charge in [-0.25, -0.2) is 9.97 Å². The van der Waals surface area contributed by atoms with E-state index in [0.717, 1.165) is 36.1 Å². The van der Waals surface area contributed by atoms with Crippen LogP contribution in [0.5, 0.6) is 0 Å². The van der Waals surface area contributed by atoms with Crippen LogP contribution >= 0.6 is 11.8 Å². The van der Waals surface area contributed by atoms with E-state index in [1.807, 2.05) is 24.0 Å². The zero-order valence-corrected chi connectivity index (χ0v) is 18.2. The van der Waals surface area contributed by atoms with Crippen LogP contribution in [0.2, 0.25) is 0 Å². The zero-order chi connectivity index (χ0) is 21.3. The number of thioether (sulfide) groups is 1. The number of hydrogen-bond acceptors (Lipinski definition) is 6. The van der Waals surface area contributed by atoms with Gasteiger partial charge < -0.3 is 15.7 Å². The fourth-order valence-corrected chi connectivity index (χ4v) is 4.60. The van der Waals surface area contributed by atoms with E-state index in [9.17, 15) is 0 Å². The number of imidazole rings is 1. The topological polar surface area (TPSA) is 91.5 Å². The highest BCUT2D eigenvalue weighted by Crippen LogP contribution is 2.30. The molecule has 3 heterocycles. The summed E-state index contributed by atoms with van der Waals surface area (Å²) in [6, 6.07) is 10.4. The zero-order valence-electron chi connectivity index (χ0n) is 17.4. The van der Waals surface area contributed by atoms with Crippen LogP contribution in [0.1, 0.15) is 43.9 Å². The third-order valence-corrected chi connectivity index (χ3v) is 6.11. The molecule has 1 fully saturated rings. The van der Waals surface area contributed by atoms with Gasteiger partial charge in [0.25, 0.3) is 6.47 Å². The lowest BCUT2D eigenvalue weighted by atomic mass is 10.1. The summed E-state index contributed by atoms with van der Waals surface area (Å²) in [4.78, 5) is 17.9. The summed E-state index contributed by atoms with van der Waals surface area (Å²) in [5.41, 5.74) is 3.36. The second kappa shape index (κ2) is 11.0. The fraction of sp³-hybridized carbons (Fsp3) is 0.409. The summed E-state index contributed by atoms with van der Waals surface area (Å²) >= 11 is 1.88. The molecule has 3 N–H and O–H groups in total. The van der Waals surface area contributed by atoms with Crippen LogP contribution in [0.3, 0.4) is 0 Å². The van der Waals surface area contributed by atoms with E-state index in [1.165, 1.54) is 24.1 Å². The number of hydrogen-bond donors (Lipinski definition) is 3. The summed E-state index contributed by atoms with van der Waals surface area (Å²) in [5.74, 6) is 1.28. The molecule has 1 atom stereocenters. The van der Waals surface area contributed by atoms with Crippen molar-refractivity contribution in [1.82, 2.24) is 19.7 Å². The number of rotatable bonds is 6. The van der Waals surface area contributed by atoms with Gasteiger partial charge in [-0.05, 0) is 30.9 Å². The van der Waals surface area contributed by atoms with Crippen LogP contribution in [-0.2, 0) is 11.3 Å². The van der Waals surface area contributed by atoms with E-state index in [2.05, 4.69) is 64.3 Å². The predicted octanol–water partition coefficient (Wildman–Crippen LogP) is 4.01. The molecule has 0 amide bonds. The number of carbonyl (C=O) groups is 1. The number of benzene rings is 1. The highest BCUT2D eigenvalue weighted by Gasteiger charge is 2.18. The first kappa shape index (κ1) is 22.1. The lowest BCUT2D eigenvalue weighted by Crippen LogP contribution is -2.31. The number of piperidine rings is 1. The number of carboxylic acid groups (broad SMARTS) is 1. The van der Waals surface area contributed by atoms with Crippen molar-refractivity contribution in [2.45, 2.75) is 49.4 Å². The molecule has 1 aliphatic rings. The molecule has 0 radical (unpaired) electrons. The van der Waals surface area contributed by atoms with Crippen molar-refractivity contribution in [1.29, 1.82) is 0 Å². The Balaban J connectivity index is 0.000000806. The van der Waals surface area contributed by atoms with Crippen molar-refractivity contribution in [3.63, 3.8) is 0 Å². The van der Waals surface area contributed by atoms with Gasteiger partial charge in [0.05, 0.1) is 0 Å². The molecule has 0 bridgehead atoms. The Morgan fingerprint density at radius 3 is 2.80 bits per heavy atom. The van der Waals surface area contributed by atoms with Crippen LogP contribution in [-0.4, -0.2) is 44.3 Å². The Morgan fingerprint density at radius 1 is 1.37 bits per heavy atom. The monoisotopic (exact) mass is 427 g/mol. The number of anilines is 1. The Labute approximate surface area is 181 Å². The number of aromatic nitrogens is 3. The van der Waals surface area contributed by atoms with Gasteiger partial charge in [-0.1, -0.05) is 44.2 Å². The Hall–Kier alpha value is -2.58. The van der Waals surface area contributed by atoms with Crippen molar-refractivity contribution in [2.75, 3.05) is 18.4 Å². The van der Waals surface area contributed by atoms with Crippen molar-refractivity contribution in [3.8, 4) is 0 Å². The molecule has 8 heteroatoms. The maximum absolute atomic E-state index is 8.36. The Kier molecular flexibility index (Phi) is 8.10. The van der Waals surface area contributed by atoms with Crippen LogP contribution in [0.4, 0.5) is 5.82 Å². The number of nitrogens with zero attached hydrogens (tertiary/aromatic N) is 3. The molecule has 1 unspecified atom stereocenters. The first-order valence-electron chi connectivity index (χ1n) is 10.2. The van der Waals surface area contributed by atoms with Crippen LogP contribution in [0, 0.1) is 0 Å². The van der Waals surface area contributed by atoms with Gasteiger partial charge in [0.1, 0.15) is 5.03 Å². The molecule has 7 nitrogen and oxygen atoms in total. The average molecular weight is 428 g/mol. The molecule has 160 valence electrons. The lowest BCUT2D eigenvalue weighted by molar-refractivity contribution is -0.122. The van der Waals surface area contributed by atoms with Gasteiger partial charge in [0.2, 0.25) is 0 Å². The molecule has 0 aliphatic carbocycles. The molecule has 3 aromatic rings. The highest BCUT2D eigenvalue weighted by atomic mass is 32.2. The van der Waals surface area contributed by atoms with Gasteiger partial charge in [0.15, 0.2) is 11.5 Å². The third kappa shape index (κ3) is 5.73. The third-order valence-electron chi connectivity index (χ3n) is 4.93. The minimum atomic E-state index is -0.250. The van der Waals surface area contributed by atoms with Crippen molar-refractivity contribution < 1.29 is 9.90 Å². The minimum Gasteiger partial charge on any atom is -0.483 e. The van der Waals surface area contributed by atoms with E-state index in [1.54, 1.807) is 0 Å². The standard InChI is InChI=1S/C21H27N5S.CH2O2/c1-15(2)18-13-24-21-20(23-11-16-7-4-3-5-8-16)25-19(14-26(18)21)27-17-9-6-10-22-12-17;2-1-3/h3-5,7-8,13-15,17,22H,6,9-12H2,1-2H3,(H,23,25);1H,(H,2,3). The largest absolute Gasteiger partial charge is 0.483 e. The van der Waals surface area contributed by atoms with Crippen molar-refractivity contribution >= 4 is 29.7 Å². The summed E-state index contributed by atoms with van der Waals surface area (Å²) < 4.78 is 2.21. The summed E-state index contributed by atoms with van der Waals surface area (Å²) in [7, 11) is 0. The van der Waals surface area contributed by atoms with Gasteiger partial charge in [-0.15, -0.1) is 11.8 Å². The predicted molar refractivity (Wildman–Crippen MR) is 121 cm³/mol. The number of nitrogens with one attached hydrogen (secondary N) is 2. The van der Waals surface area contributed by atoms with Crippen LogP contribution < -0.4 is 10.6 Å². The van der Waals surface area contributed by atoms with Gasteiger partial charge >= 0.3 is 0 Å². The normalized spacial score (nSPS) is 16.2. The fourth-order valence-electron chi connectivity index (χ4n) is 3.46. The van der Waals surface area contributed by atoms with Gasteiger partial charge in [-0.3, -0.25) is 9.20 Å². The molecule has 0 spiro atoms. The molecule has 30 heavy (non-hydrogen) atoms. The molecular formula is C22H29N5O2S. The van der Waals surface area contributed by atoms with E-state index >= 15 is 0 Å². The summed E-state index contributed by atoms with van der Waals surface area (Å²) in [6.45, 7) is 7.09. The van der Waals surface area contributed by atoms with E-state index in [4.69, 9.17) is 14.9 Å².